The Morgan fingerprint density at radius 2 is 2.11 bits per heavy atom. The van der Waals surface area contributed by atoms with E-state index in [2.05, 4.69) is 10.5 Å². The quantitative estimate of drug-likeness (QED) is 0.868. The molecule has 98 valence electrons. The van der Waals surface area contributed by atoms with Crippen molar-refractivity contribution in [3.63, 3.8) is 0 Å². The summed E-state index contributed by atoms with van der Waals surface area (Å²) >= 11 is 0. The maximum Gasteiger partial charge on any atom is 0.150 e. The molecule has 2 heterocycles. The van der Waals surface area contributed by atoms with Crippen LogP contribution in [0.25, 0.3) is 0 Å². The molecule has 1 aromatic carbocycles. The van der Waals surface area contributed by atoms with Crippen molar-refractivity contribution in [1.29, 1.82) is 0 Å². The van der Waals surface area contributed by atoms with Crippen LogP contribution in [-0.2, 0) is 0 Å². The fourth-order valence-electron chi connectivity index (χ4n) is 2.33. The zero-order chi connectivity index (χ0) is 13.4. The van der Waals surface area contributed by atoms with Crippen molar-refractivity contribution in [3.05, 3.63) is 53.0 Å². The van der Waals surface area contributed by atoms with E-state index in [9.17, 15) is 5.11 Å². The highest BCUT2D eigenvalue weighted by molar-refractivity contribution is 5.99. The standard InChI is InChI=1S/C15H16N2O2/c1-9-4-3-5-11(15(9)18)12-8-13(17-16-12)14-7-6-10(2)19-14/h3-7,12,16,18H,8H2,1-2H3. The Morgan fingerprint density at radius 1 is 1.26 bits per heavy atom. The molecule has 0 fully saturated rings. The van der Waals surface area contributed by atoms with Gasteiger partial charge in [-0.1, -0.05) is 18.2 Å². The van der Waals surface area contributed by atoms with Crippen molar-refractivity contribution in [3.8, 4) is 5.75 Å². The number of benzene rings is 1. The van der Waals surface area contributed by atoms with E-state index < -0.39 is 0 Å². The average Bonchev–Trinajstić information content (AvgIpc) is 3.01. The first kappa shape index (κ1) is 11.8. The van der Waals surface area contributed by atoms with Crippen LogP contribution in [0.2, 0.25) is 0 Å². The third-order valence-electron chi connectivity index (χ3n) is 3.42. The third-order valence-corrected chi connectivity index (χ3v) is 3.42. The minimum atomic E-state index is 0.000283. The molecule has 0 saturated heterocycles. The molecule has 0 aliphatic carbocycles. The van der Waals surface area contributed by atoms with E-state index in [0.29, 0.717) is 12.2 Å². The molecule has 1 aromatic heterocycles. The predicted molar refractivity (Wildman–Crippen MR) is 73.3 cm³/mol. The molecule has 1 aliphatic heterocycles. The summed E-state index contributed by atoms with van der Waals surface area (Å²) in [5.74, 6) is 2.01. The molecule has 0 amide bonds. The Labute approximate surface area is 111 Å². The molecule has 19 heavy (non-hydrogen) atoms. The molecule has 0 bridgehead atoms. The van der Waals surface area contributed by atoms with E-state index in [1.807, 2.05) is 44.2 Å². The Bertz CT molecular complexity index is 643. The van der Waals surface area contributed by atoms with Crippen LogP contribution in [0.4, 0.5) is 0 Å². The molecule has 0 saturated carbocycles. The van der Waals surface area contributed by atoms with Crippen LogP contribution in [-0.4, -0.2) is 10.8 Å². The number of phenolic OH excluding ortho intramolecular Hbond substituents is 1. The van der Waals surface area contributed by atoms with Crippen LogP contribution in [0.15, 0.2) is 39.9 Å². The van der Waals surface area contributed by atoms with E-state index in [4.69, 9.17) is 4.42 Å². The lowest BCUT2D eigenvalue weighted by Gasteiger charge is -2.13. The lowest BCUT2D eigenvalue weighted by Crippen LogP contribution is -2.10. The summed E-state index contributed by atoms with van der Waals surface area (Å²) in [6.45, 7) is 3.81. The van der Waals surface area contributed by atoms with Gasteiger partial charge >= 0.3 is 0 Å². The van der Waals surface area contributed by atoms with Gasteiger partial charge in [-0.2, -0.15) is 5.10 Å². The van der Waals surface area contributed by atoms with E-state index in [-0.39, 0.29) is 6.04 Å². The zero-order valence-electron chi connectivity index (χ0n) is 11.0. The molecule has 4 nitrogen and oxygen atoms in total. The van der Waals surface area contributed by atoms with E-state index >= 15 is 0 Å². The van der Waals surface area contributed by atoms with Crippen molar-refractivity contribution >= 4 is 5.71 Å². The first-order valence-electron chi connectivity index (χ1n) is 6.32. The van der Waals surface area contributed by atoms with E-state index in [1.54, 1.807) is 0 Å². The second-order valence-electron chi connectivity index (χ2n) is 4.87. The predicted octanol–water partition coefficient (Wildman–Crippen LogP) is 3.04. The molecule has 0 radical (unpaired) electrons. The van der Waals surface area contributed by atoms with Crippen LogP contribution in [0.5, 0.6) is 5.75 Å². The number of hydrogen-bond donors (Lipinski definition) is 2. The third kappa shape index (κ3) is 2.10. The summed E-state index contributed by atoms with van der Waals surface area (Å²) in [7, 11) is 0. The molecular weight excluding hydrogens is 240 g/mol. The smallest absolute Gasteiger partial charge is 0.150 e. The van der Waals surface area contributed by atoms with Crippen LogP contribution in [0.3, 0.4) is 0 Å². The Balaban J connectivity index is 1.83. The average molecular weight is 256 g/mol. The number of rotatable bonds is 2. The monoisotopic (exact) mass is 256 g/mol. The van der Waals surface area contributed by atoms with Crippen LogP contribution in [0, 0.1) is 13.8 Å². The number of para-hydroxylation sites is 1. The van der Waals surface area contributed by atoms with Crippen molar-refractivity contribution in [2.45, 2.75) is 26.3 Å². The minimum Gasteiger partial charge on any atom is -0.507 e. The minimum absolute atomic E-state index is 0.000283. The number of hydrogen-bond acceptors (Lipinski definition) is 4. The summed E-state index contributed by atoms with van der Waals surface area (Å²) < 4.78 is 5.57. The largest absolute Gasteiger partial charge is 0.507 e. The number of phenols is 1. The molecule has 2 aromatic rings. The number of nitrogens with one attached hydrogen (secondary N) is 1. The van der Waals surface area contributed by atoms with Crippen molar-refractivity contribution in [2.24, 2.45) is 5.10 Å². The number of hydrazone groups is 1. The SMILES string of the molecule is Cc1ccc(C2=NNC(c3cccc(C)c3O)C2)o1. The molecule has 3 rings (SSSR count). The van der Waals surface area contributed by atoms with Crippen molar-refractivity contribution < 1.29 is 9.52 Å². The summed E-state index contributed by atoms with van der Waals surface area (Å²) in [4.78, 5) is 0. The highest BCUT2D eigenvalue weighted by Crippen LogP contribution is 2.32. The number of furan rings is 1. The molecule has 0 spiro atoms. The Hall–Kier alpha value is -2.23. The van der Waals surface area contributed by atoms with Crippen molar-refractivity contribution in [1.82, 2.24) is 5.43 Å². The second kappa shape index (κ2) is 4.46. The normalized spacial score (nSPS) is 18.2. The topological polar surface area (TPSA) is 57.8 Å². The first-order valence-corrected chi connectivity index (χ1v) is 6.32. The zero-order valence-corrected chi connectivity index (χ0v) is 11.0. The Morgan fingerprint density at radius 3 is 2.84 bits per heavy atom. The van der Waals surface area contributed by atoms with Crippen LogP contribution in [0.1, 0.15) is 35.1 Å². The lowest BCUT2D eigenvalue weighted by atomic mass is 9.99. The van der Waals surface area contributed by atoms with Gasteiger partial charge in [-0.05, 0) is 31.5 Å². The van der Waals surface area contributed by atoms with Gasteiger partial charge in [0.05, 0.1) is 6.04 Å². The molecule has 4 heteroatoms. The molecule has 1 aliphatic rings. The van der Waals surface area contributed by atoms with Gasteiger partial charge in [0.2, 0.25) is 0 Å². The van der Waals surface area contributed by atoms with Gasteiger partial charge in [0.15, 0.2) is 0 Å². The van der Waals surface area contributed by atoms with E-state index in [1.165, 1.54) is 0 Å². The highest BCUT2D eigenvalue weighted by Gasteiger charge is 2.25. The summed E-state index contributed by atoms with van der Waals surface area (Å²) in [6, 6.07) is 9.61. The van der Waals surface area contributed by atoms with Gasteiger partial charge < -0.3 is 14.9 Å². The van der Waals surface area contributed by atoms with Crippen molar-refractivity contribution in [2.75, 3.05) is 0 Å². The number of aryl methyl sites for hydroxylation is 2. The van der Waals surface area contributed by atoms with Crippen LogP contribution < -0.4 is 5.43 Å². The van der Waals surface area contributed by atoms with Gasteiger partial charge in [-0.15, -0.1) is 0 Å². The second-order valence-corrected chi connectivity index (χ2v) is 4.87. The maximum atomic E-state index is 10.1. The summed E-state index contributed by atoms with van der Waals surface area (Å²) in [6.07, 6.45) is 0.712. The summed E-state index contributed by atoms with van der Waals surface area (Å²) in [5, 5.41) is 14.4. The highest BCUT2D eigenvalue weighted by atomic mass is 16.3. The summed E-state index contributed by atoms with van der Waals surface area (Å²) in [5.41, 5.74) is 5.71. The maximum absolute atomic E-state index is 10.1. The van der Waals surface area contributed by atoms with E-state index in [0.717, 1.165) is 28.4 Å². The molecule has 1 atom stereocenters. The molecule has 1 unspecified atom stereocenters. The fourth-order valence-corrected chi connectivity index (χ4v) is 2.33. The number of nitrogens with zero attached hydrogens (tertiary/aromatic N) is 1. The number of aromatic hydroxyl groups is 1. The molecule has 2 N–H and O–H groups in total. The van der Waals surface area contributed by atoms with Gasteiger partial charge in [-0.25, -0.2) is 0 Å². The van der Waals surface area contributed by atoms with Crippen LogP contribution >= 0.6 is 0 Å². The van der Waals surface area contributed by atoms with Gasteiger partial charge in [0.25, 0.3) is 0 Å². The lowest BCUT2D eigenvalue weighted by molar-refractivity contribution is 0.451. The van der Waals surface area contributed by atoms with Gasteiger partial charge in [0, 0.05) is 12.0 Å². The molecular formula is C15H16N2O2. The van der Waals surface area contributed by atoms with Gasteiger partial charge in [0.1, 0.15) is 23.0 Å². The first-order chi connectivity index (χ1) is 9.15. The fraction of sp³-hybridized carbons (Fsp3) is 0.267. The van der Waals surface area contributed by atoms with Gasteiger partial charge in [-0.3, -0.25) is 0 Å². The Kier molecular flexibility index (Phi) is 2.78.